The molecule has 8 nitrogen and oxygen atoms in total. The maximum Gasteiger partial charge on any atom is 0.223 e. The smallest absolute Gasteiger partial charge is 0.223 e. The average molecular weight is 447 g/mol. The second-order valence-electron chi connectivity index (χ2n) is 7.63. The van der Waals surface area contributed by atoms with Gasteiger partial charge in [-0.2, -0.15) is 0 Å². The zero-order valence-corrected chi connectivity index (χ0v) is 17.9. The SMILES string of the molecule is COCCNC(=O)[C@@H]1CCC[C@H](Nc2nc(-c3c[nH]c4ncc(Cl)cc34)ncc2F)C1. The number of hydrogen-bond acceptors (Lipinski definition) is 6. The molecule has 1 fully saturated rings. The summed E-state index contributed by atoms with van der Waals surface area (Å²) in [5.74, 6) is -0.153. The average Bonchev–Trinajstić information content (AvgIpc) is 3.18. The summed E-state index contributed by atoms with van der Waals surface area (Å²) in [6.07, 6.45) is 7.58. The Kier molecular flexibility index (Phi) is 6.62. The molecule has 0 aliphatic heterocycles. The van der Waals surface area contributed by atoms with Gasteiger partial charge in [0.05, 0.1) is 17.8 Å². The van der Waals surface area contributed by atoms with Crippen LogP contribution in [0.1, 0.15) is 25.7 Å². The zero-order chi connectivity index (χ0) is 21.8. The molecule has 164 valence electrons. The van der Waals surface area contributed by atoms with Gasteiger partial charge in [0.15, 0.2) is 17.5 Å². The Labute approximate surface area is 184 Å². The van der Waals surface area contributed by atoms with Crippen LogP contribution in [0.25, 0.3) is 22.4 Å². The highest BCUT2D eigenvalue weighted by molar-refractivity contribution is 6.31. The Balaban J connectivity index is 1.50. The van der Waals surface area contributed by atoms with Crippen molar-refractivity contribution in [3.05, 3.63) is 35.5 Å². The number of carbonyl (C=O) groups excluding carboxylic acids is 1. The lowest BCUT2D eigenvalue weighted by Gasteiger charge is -2.29. The van der Waals surface area contributed by atoms with E-state index in [0.29, 0.717) is 41.6 Å². The number of aromatic amines is 1. The number of amides is 1. The number of anilines is 1. The first kappa shape index (κ1) is 21.5. The summed E-state index contributed by atoms with van der Waals surface area (Å²) >= 11 is 6.07. The zero-order valence-electron chi connectivity index (χ0n) is 17.1. The first-order valence-electron chi connectivity index (χ1n) is 10.2. The van der Waals surface area contributed by atoms with E-state index < -0.39 is 5.82 Å². The van der Waals surface area contributed by atoms with Crippen molar-refractivity contribution in [2.75, 3.05) is 25.6 Å². The highest BCUT2D eigenvalue weighted by Gasteiger charge is 2.28. The van der Waals surface area contributed by atoms with Crippen LogP contribution in [-0.2, 0) is 9.53 Å². The largest absolute Gasteiger partial charge is 0.383 e. The van der Waals surface area contributed by atoms with E-state index in [2.05, 4.69) is 30.6 Å². The summed E-state index contributed by atoms with van der Waals surface area (Å²) in [4.78, 5) is 28.2. The summed E-state index contributed by atoms with van der Waals surface area (Å²) in [6, 6.07) is 1.71. The number of halogens is 2. The van der Waals surface area contributed by atoms with Gasteiger partial charge in [0.25, 0.3) is 0 Å². The second kappa shape index (κ2) is 9.57. The topological polar surface area (TPSA) is 105 Å². The van der Waals surface area contributed by atoms with E-state index in [9.17, 15) is 9.18 Å². The lowest BCUT2D eigenvalue weighted by Crippen LogP contribution is -2.38. The van der Waals surface area contributed by atoms with Gasteiger partial charge in [-0.25, -0.2) is 19.3 Å². The minimum absolute atomic E-state index is 0.00979. The van der Waals surface area contributed by atoms with Gasteiger partial charge >= 0.3 is 0 Å². The number of nitrogens with zero attached hydrogens (tertiary/aromatic N) is 3. The molecule has 0 radical (unpaired) electrons. The van der Waals surface area contributed by atoms with Crippen LogP contribution in [0.4, 0.5) is 10.2 Å². The Hall–Kier alpha value is -2.78. The van der Waals surface area contributed by atoms with Gasteiger partial charge in [-0.05, 0) is 25.3 Å². The molecule has 0 unspecified atom stereocenters. The lowest BCUT2D eigenvalue weighted by molar-refractivity contribution is -0.126. The molecule has 4 rings (SSSR count). The minimum Gasteiger partial charge on any atom is -0.383 e. The minimum atomic E-state index is -0.536. The Morgan fingerprint density at radius 1 is 1.35 bits per heavy atom. The Morgan fingerprint density at radius 2 is 2.23 bits per heavy atom. The molecule has 3 heterocycles. The maximum atomic E-state index is 14.5. The van der Waals surface area contributed by atoms with E-state index in [1.165, 1.54) is 0 Å². The van der Waals surface area contributed by atoms with Gasteiger partial charge in [0, 0.05) is 49.0 Å². The van der Waals surface area contributed by atoms with E-state index in [1.807, 2.05) is 0 Å². The van der Waals surface area contributed by atoms with Gasteiger partial charge in [0.2, 0.25) is 5.91 Å². The van der Waals surface area contributed by atoms with Crippen LogP contribution in [0.3, 0.4) is 0 Å². The van der Waals surface area contributed by atoms with Gasteiger partial charge in [0.1, 0.15) is 5.65 Å². The molecular formula is C21H24ClFN6O2. The fourth-order valence-corrected chi connectivity index (χ4v) is 4.09. The van der Waals surface area contributed by atoms with Crippen molar-refractivity contribution in [1.82, 2.24) is 25.3 Å². The number of H-pyrrole nitrogens is 1. The van der Waals surface area contributed by atoms with E-state index in [-0.39, 0.29) is 23.7 Å². The Bertz CT molecular complexity index is 1080. The molecule has 3 aromatic heterocycles. The first-order chi connectivity index (χ1) is 15.0. The molecule has 1 amide bonds. The predicted octanol–water partition coefficient (Wildman–Crippen LogP) is 3.55. The summed E-state index contributed by atoms with van der Waals surface area (Å²) < 4.78 is 19.5. The normalized spacial score (nSPS) is 18.8. The Morgan fingerprint density at radius 3 is 3.06 bits per heavy atom. The van der Waals surface area contributed by atoms with Crippen molar-refractivity contribution in [3.63, 3.8) is 0 Å². The highest BCUT2D eigenvalue weighted by Crippen LogP contribution is 2.30. The van der Waals surface area contributed by atoms with Gasteiger partial charge in [-0.3, -0.25) is 4.79 Å². The van der Waals surface area contributed by atoms with E-state index in [1.54, 1.807) is 25.6 Å². The number of nitrogens with one attached hydrogen (secondary N) is 3. The van der Waals surface area contributed by atoms with Crippen molar-refractivity contribution in [3.8, 4) is 11.4 Å². The number of methoxy groups -OCH3 is 1. The third-order valence-electron chi connectivity index (χ3n) is 5.47. The van der Waals surface area contributed by atoms with Gasteiger partial charge in [-0.1, -0.05) is 18.0 Å². The molecule has 10 heteroatoms. The van der Waals surface area contributed by atoms with Crippen molar-refractivity contribution in [1.29, 1.82) is 0 Å². The van der Waals surface area contributed by atoms with Crippen molar-refractivity contribution in [2.45, 2.75) is 31.7 Å². The number of ether oxygens (including phenoxy) is 1. The lowest BCUT2D eigenvalue weighted by atomic mass is 9.85. The van der Waals surface area contributed by atoms with Gasteiger partial charge in [-0.15, -0.1) is 0 Å². The molecule has 1 aliphatic carbocycles. The monoisotopic (exact) mass is 446 g/mol. The van der Waals surface area contributed by atoms with Crippen LogP contribution >= 0.6 is 11.6 Å². The second-order valence-corrected chi connectivity index (χ2v) is 8.07. The van der Waals surface area contributed by atoms with Crippen LogP contribution in [0, 0.1) is 11.7 Å². The van der Waals surface area contributed by atoms with Crippen LogP contribution in [0.15, 0.2) is 24.7 Å². The van der Waals surface area contributed by atoms with Crippen LogP contribution in [-0.4, -0.2) is 52.1 Å². The molecule has 0 aromatic carbocycles. The standard InChI is InChI=1S/C21H24ClFN6O2/c1-31-6-5-24-21(30)12-3-2-4-14(7-12)28-20-17(23)11-27-19(29-20)16-10-26-18-15(16)8-13(22)9-25-18/h8-12,14H,2-7H2,1H3,(H,24,30)(H,25,26)(H,27,28,29)/t12-,14+/m1/s1. The maximum absolute atomic E-state index is 14.5. The van der Waals surface area contributed by atoms with Crippen LogP contribution in [0.5, 0.6) is 0 Å². The van der Waals surface area contributed by atoms with Crippen molar-refractivity contribution >= 4 is 34.4 Å². The molecule has 31 heavy (non-hydrogen) atoms. The molecule has 0 spiro atoms. The molecular weight excluding hydrogens is 423 g/mol. The fourth-order valence-electron chi connectivity index (χ4n) is 3.93. The molecule has 1 saturated carbocycles. The number of hydrogen-bond donors (Lipinski definition) is 3. The van der Waals surface area contributed by atoms with E-state index in [0.717, 1.165) is 30.8 Å². The summed E-state index contributed by atoms with van der Waals surface area (Å²) in [6.45, 7) is 0.959. The highest BCUT2D eigenvalue weighted by atomic mass is 35.5. The third-order valence-corrected chi connectivity index (χ3v) is 5.68. The number of rotatable bonds is 7. The number of carbonyl (C=O) groups is 1. The van der Waals surface area contributed by atoms with Gasteiger partial charge < -0.3 is 20.4 Å². The molecule has 0 saturated heterocycles. The molecule has 3 N–H and O–H groups in total. The van der Waals surface area contributed by atoms with Crippen LogP contribution in [0.2, 0.25) is 5.02 Å². The summed E-state index contributed by atoms with van der Waals surface area (Å²) in [7, 11) is 1.60. The predicted molar refractivity (Wildman–Crippen MR) is 116 cm³/mol. The van der Waals surface area contributed by atoms with E-state index >= 15 is 0 Å². The number of aromatic nitrogens is 4. The molecule has 0 bridgehead atoms. The molecule has 1 aliphatic rings. The number of pyridine rings is 1. The third kappa shape index (κ3) is 4.94. The summed E-state index contributed by atoms with van der Waals surface area (Å²) in [5.41, 5.74) is 1.34. The van der Waals surface area contributed by atoms with Crippen molar-refractivity contribution in [2.24, 2.45) is 5.92 Å². The first-order valence-corrected chi connectivity index (χ1v) is 10.6. The fraction of sp³-hybridized carbons (Fsp3) is 0.429. The molecule has 3 aromatic rings. The van der Waals surface area contributed by atoms with Crippen LogP contribution < -0.4 is 10.6 Å². The molecule has 2 atom stereocenters. The van der Waals surface area contributed by atoms with E-state index in [4.69, 9.17) is 16.3 Å². The quantitative estimate of drug-likeness (QED) is 0.479. The summed E-state index contributed by atoms with van der Waals surface area (Å²) in [5, 5.41) is 7.32. The number of fused-ring (bicyclic) bond motifs is 1. The van der Waals surface area contributed by atoms with Crippen molar-refractivity contribution < 1.29 is 13.9 Å².